The van der Waals surface area contributed by atoms with Gasteiger partial charge < -0.3 is 0 Å². The number of rotatable bonds is 3. The van der Waals surface area contributed by atoms with Gasteiger partial charge in [-0.1, -0.05) is 6.92 Å². The molecule has 0 aliphatic heterocycles. The topological polar surface area (TPSA) is 17.8 Å². The number of alkyl halides is 1. The third-order valence-corrected chi connectivity index (χ3v) is 3.76. The Labute approximate surface area is 96.6 Å². The summed E-state index contributed by atoms with van der Waals surface area (Å²) in [6.07, 6.45) is 5.81. The van der Waals surface area contributed by atoms with Crippen LogP contribution in [0.2, 0.25) is 0 Å². The predicted molar refractivity (Wildman–Crippen MR) is 63.3 cm³/mol. The van der Waals surface area contributed by atoms with Gasteiger partial charge in [-0.3, -0.25) is 4.68 Å². The minimum atomic E-state index is 0.411. The lowest BCUT2D eigenvalue weighted by molar-refractivity contribution is 0.521. The highest BCUT2D eigenvalue weighted by molar-refractivity contribution is 6.20. The first-order valence-electron chi connectivity index (χ1n) is 5.85. The molecule has 1 heterocycles. The smallest absolute Gasteiger partial charge is 0.0624 e. The normalized spacial score (nSPS) is 26.1. The fraction of sp³-hybridized carbons (Fsp3) is 0.750. The van der Waals surface area contributed by atoms with Gasteiger partial charge in [-0.25, -0.2) is 0 Å². The van der Waals surface area contributed by atoms with Gasteiger partial charge in [-0.15, -0.1) is 11.6 Å². The first-order chi connectivity index (χ1) is 7.19. The van der Waals surface area contributed by atoms with Crippen LogP contribution in [-0.4, -0.2) is 15.2 Å². The van der Waals surface area contributed by atoms with Crippen LogP contribution in [0.5, 0.6) is 0 Å². The lowest BCUT2D eigenvalue weighted by Gasteiger charge is -2.08. The van der Waals surface area contributed by atoms with Crippen molar-refractivity contribution in [3.63, 3.8) is 0 Å². The Bertz CT molecular complexity index is 332. The maximum atomic E-state index is 6.12. The maximum Gasteiger partial charge on any atom is 0.0624 e. The van der Waals surface area contributed by atoms with E-state index in [0.29, 0.717) is 5.38 Å². The van der Waals surface area contributed by atoms with E-state index in [9.17, 15) is 0 Å². The minimum absolute atomic E-state index is 0.411. The van der Waals surface area contributed by atoms with Gasteiger partial charge in [0, 0.05) is 18.1 Å². The summed E-state index contributed by atoms with van der Waals surface area (Å²) >= 11 is 6.12. The second-order valence-corrected chi connectivity index (χ2v) is 5.20. The van der Waals surface area contributed by atoms with Crippen molar-refractivity contribution >= 4 is 11.6 Å². The summed E-state index contributed by atoms with van der Waals surface area (Å²) in [5.74, 6) is 0.771. The second-order valence-electron chi connectivity index (χ2n) is 4.58. The van der Waals surface area contributed by atoms with Crippen molar-refractivity contribution in [1.29, 1.82) is 0 Å². The summed E-state index contributed by atoms with van der Waals surface area (Å²) < 4.78 is 2.03. The molecule has 0 N–H and O–H groups in total. The van der Waals surface area contributed by atoms with Crippen molar-refractivity contribution in [2.24, 2.45) is 13.0 Å². The Balaban J connectivity index is 2.00. The Kier molecular flexibility index (Phi) is 3.35. The van der Waals surface area contributed by atoms with Gasteiger partial charge in [0.25, 0.3) is 0 Å². The van der Waals surface area contributed by atoms with E-state index in [1.54, 1.807) is 0 Å². The Hall–Kier alpha value is -0.500. The quantitative estimate of drug-likeness (QED) is 0.725. The summed E-state index contributed by atoms with van der Waals surface area (Å²) in [4.78, 5) is 0. The predicted octanol–water partition coefficient (Wildman–Crippen LogP) is 2.93. The minimum Gasteiger partial charge on any atom is -0.272 e. The lowest BCUT2D eigenvalue weighted by Crippen LogP contribution is -2.05. The van der Waals surface area contributed by atoms with E-state index in [4.69, 9.17) is 11.6 Å². The molecule has 0 aromatic carbocycles. The van der Waals surface area contributed by atoms with Gasteiger partial charge >= 0.3 is 0 Å². The van der Waals surface area contributed by atoms with E-state index in [1.807, 2.05) is 11.7 Å². The van der Waals surface area contributed by atoms with E-state index in [1.165, 1.54) is 30.7 Å². The molecule has 2 nitrogen and oxygen atoms in total. The average molecular weight is 227 g/mol. The average Bonchev–Trinajstić information content (AvgIpc) is 2.75. The van der Waals surface area contributed by atoms with Gasteiger partial charge in [0.05, 0.1) is 5.69 Å². The van der Waals surface area contributed by atoms with Crippen molar-refractivity contribution in [3.05, 3.63) is 17.5 Å². The lowest BCUT2D eigenvalue weighted by atomic mass is 10.0. The van der Waals surface area contributed by atoms with E-state index < -0.39 is 0 Å². The molecule has 2 atom stereocenters. The molecule has 3 heteroatoms. The largest absolute Gasteiger partial charge is 0.272 e. The molecule has 1 fully saturated rings. The van der Waals surface area contributed by atoms with Crippen LogP contribution >= 0.6 is 11.6 Å². The van der Waals surface area contributed by atoms with E-state index in [2.05, 4.69) is 18.1 Å². The van der Waals surface area contributed by atoms with Gasteiger partial charge in [-0.2, -0.15) is 5.10 Å². The summed E-state index contributed by atoms with van der Waals surface area (Å²) in [6, 6.07) is 2.24. The first-order valence-corrected chi connectivity index (χ1v) is 6.28. The highest BCUT2D eigenvalue weighted by Gasteiger charge is 2.23. The molecule has 1 aromatic rings. The fourth-order valence-corrected chi connectivity index (χ4v) is 2.81. The van der Waals surface area contributed by atoms with E-state index >= 15 is 0 Å². The molecule has 0 saturated heterocycles. The zero-order valence-electron chi connectivity index (χ0n) is 9.54. The van der Waals surface area contributed by atoms with Gasteiger partial charge in [0.15, 0.2) is 0 Å². The molecule has 84 valence electrons. The fourth-order valence-electron chi connectivity index (χ4n) is 2.43. The van der Waals surface area contributed by atoms with Crippen molar-refractivity contribution in [1.82, 2.24) is 9.78 Å². The summed E-state index contributed by atoms with van der Waals surface area (Å²) in [7, 11) is 2.04. The van der Waals surface area contributed by atoms with Crippen LogP contribution in [0.3, 0.4) is 0 Å². The SMILES string of the molecule is CCc1cc(CC2CCC(Cl)C2)n(C)n1. The van der Waals surface area contributed by atoms with Gasteiger partial charge in [-0.05, 0) is 44.1 Å². The molecule has 1 aliphatic carbocycles. The summed E-state index contributed by atoms with van der Waals surface area (Å²) in [6.45, 7) is 2.15. The van der Waals surface area contributed by atoms with E-state index in [-0.39, 0.29) is 0 Å². The van der Waals surface area contributed by atoms with Crippen LogP contribution < -0.4 is 0 Å². The van der Waals surface area contributed by atoms with Crippen LogP contribution in [0.25, 0.3) is 0 Å². The zero-order valence-corrected chi connectivity index (χ0v) is 10.3. The second kappa shape index (κ2) is 4.56. The number of hydrogen-bond acceptors (Lipinski definition) is 1. The third-order valence-electron chi connectivity index (χ3n) is 3.36. The van der Waals surface area contributed by atoms with Crippen molar-refractivity contribution in [2.75, 3.05) is 0 Å². The maximum absolute atomic E-state index is 6.12. The first kappa shape index (κ1) is 11.0. The molecule has 1 aliphatic rings. The van der Waals surface area contributed by atoms with Crippen molar-refractivity contribution in [2.45, 2.75) is 44.4 Å². The molecule has 0 bridgehead atoms. The monoisotopic (exact) mass is 226 g/mol. The number of nitrogens with zero attached hydrogens (tertiary/aromatic N) is 2. The van der Waals surface area contributed by atoms with E-state index in [0.717, 1.165) is 18.8 Å². The highest BCUT2D eigenvalue weighted by Crippen LogP contribution is 2.31. The Morgan fingerprint density at radius 1 is 1.53 bits per heavy atom. The van der Waals surface area contributed by atoms with Crippen LogP contribution in [-0.2, 0) is 19.9 Å². The standard InChI is InChI=1S/C12H19ClN2/c1-3-11-8-12(15(2)14-11)7-9-4-5-10(13)6-9/h8-10H,3-7H2,1-2H3. The van der Waals surface area contributed by atoms with Crippen molar-refractivity contribution < 1.29 is 0 Å². The van der Waals surface area contributed by atoms with Crippen LogP contribution in [0, 0.1) is 5.92 Å². The Morgan fingerprint density at radius 3 is 2.87 bits per heavy atom. The molecular formula is C12H19ClN2. The molecule has 1 aromatic heterocycles. The third kappa shape index (κ3) is 2.54. The molecule has 1 saturated carbocycles. The molecule has 2 unspecified atom stereocenters. The van der Waals surface area contributed by atoms with Crippen molar-refractivity contribution in [3.8, 4) is 0 Å². The van der Waals surface area contributed by atoms with Crippen LogP contribution in [0.15, 0.2) is 6.07 Å². The van der Waals surface area contributed by atoms with Gasteiger partial charge in [0.1, 0.15) is 0 Å². The summed E-state index contributed by atoms with van der Waals surface area (Å²) in [5.41, 5.74) is 2.57. The summed E-state index contributed by atoms with van der Waals surface area (Å²) in [5, 5.41) is 4.88. The van der Waals surface area contributed by atoms with Crippen LogP contribution in [0.4, 0.5) is 0 Å². The number of aromatic nitrogens is 2. The highest BCUT2D eigenvalue weighted by atomic mass is 35.5. The molecule has 15 heavy (non-hydrogen) atoms. The molecule has 0 amide bonds. The van der Waals surface area contributed by atoms with Gasteiger partial charge in [0.2, 0.25) is 0 Å². The van der Waals surface area contributed by atoms with Crippen LogP contribution in [0.1, 0.15) is 37.6 Å². The number of aryl methyl sites for hydroxylation is 2. The molecular weight excluding hydrogens is 208 g/mol. The number of hydrogen-bond donors (Lipinski definition) is 0. The molecule has 2 rings (SSSR count). The zero-order chi connectivity index (χ0) is 10.8. The number of halogens is 1. The Morgan fingerprint density at radius 2 is 2.33 bits per heavy atom. The molecule has 0 radical (unpaired) electrons. The molecule has 0 spiro atoms.